The van der Waals surface area contributed by atoms with Gasteiger partial charge in [0.15, 0.2) is 0 Å². The molecule has 2 fully saturated rings. The van der Waals surface area contributed by atoms with Crippen molar-refractivity contribution in [3.8, 4) is 10.4 Å². The SMILES string of the molecule is Nc1ccc(-c2cccs2)cc1NC(=O)c1ccc(CN2C(=O)CCCC23CNC3)cc1. The molecule has 0 aliphatic carbocycles. The number of hydrogen-bond acceptors (Lipinski definition) is 5. The molecular formula is C25H26N4O2S. The molecule has 3 aromatic rings. The molecule has 2 aliphatic rings. The Morgan fingerprint density at radius 3 is 2.66 bits per heavy atom. The molecule has 0 atom stereocenters. The summed E-state index contributed by atoms with van der Waals surface area (Å²) in [6.07, 6.45) is 2.64. The summed E-state index contributed by atoms with van der Waals surface area (Å²) >= 11 is 1.64. The Morgan fingerprint density at radius 2 is 1.97 bits per heavy atom. The Balaban J connectivity index is 1.29. The number of benzene rings is 2. The fourth-order valence-corrected chi connectivity index (χ4v) is 5.26. The molecular weight excluding hydrogens is 420 g/mol. The van der Waals surface area contributed by atoms with Gasteiger partial charge in [0.2, 0.25) is 5.91 Å². The van der Waals surface area contributed by atoms with Crippen LogP contribution in [0.25, 0.3) is 10.4 Å². The van der Waals surface area contributed by atoms with Gasteiger partial charge in [0.25, 0.3) is 5.91 Å². The monoisotopic (exact) mass is 446 g/mol. The molecule has 2 saturated heterocycles. The zero-order chi connectivity index (χ0) is 22.1. The van der Waals surface area contributed by atoms with Crippen LogP contribution >= 0.6 is 11.3 Å². The Kier molecular flexibility index (Phi) is 5.45. The van der Waals surface area contributed by atoms with Crippen LogP contribution < -0.4 is 16.4 Å². The number of hydrogen-bond donors (Lipinski definition) is 3. The first-order chi connectivity index (χ1) is 15.5. The highest BCUT2D eigenvalue weighted by Crippen LogP contribution is 2.34. The van der Waals surface area contributed by atoms with Crippen LogP contribution in [0, 0.1) is 0 Å². The second-order valence-electron chi connectivity index (χ2n) is 8.59. The second kappa shape index (κ2) is 8.41. The lowest BCUT2D eigenvalue weighted by molar-refractivity contribution is -0.146. The summed E-state index contributed by atoms with van der Waals surface area (Å²) in [4.78, 5) is 28.5. The van der Waals surface area contributed by atoms with Crippen LogP contribution in [0.3, 0.4) is 0 Å². The summed E-state index contributed by atoms with van der Waals surface area (Å²) in [5, 5.41) is 8.27. The molecule has 0 unspecified atom stereocenters. The van der Waals surface area contributed by atoms with E-state index in [2.05, 4.69) is 10.6 Å². The molecule has 2 aromatic carbocycles. The summed E-state index contributed by atoms with van der Waals surface area (Å²) < 4.78 is 0. The molecule has 5 rings (SSSR count). The summed E-state index contributed by atoms with van der Waals surface area (Å²) in [5.74, 6) is 0.0148. The fraction of sp³-hybridized carbons (Fsp3) is 0.280. The van der Waals surface area contributed by atoms with E-state index in [0.717, 1.165) is 41.9 Å². The molecule has 7 heteroatoms. The lowest BCUT2D eigenvalue weighted by Crippen LogP contribution is -2.71. The van der Waals surface area contributed by atoms with Crippen LogP contribution in [0.15, 0.2) is 60.0 Å². The lowest BCUT2D eigenvalue weighted by Gasteiger charge is -2.53. The van der Waals surface area contributed by atoms with Gasteiger partial charge in [-0.25, -0.2) is 0 Å². The minimum absolute atomic E-state index is 0.0313. The molecule has 2 amide bonds. The van der Waals surface area contributed by atoms with E-state index in [1.54, 1.807) is 11.3 Å². The number of anilines is 2. The number of carbonyl (C=O) groups is 2. The maximum Gasteiger partial charge on any atom is 0.255 e. The van der Waals surface area contributed by atoms with Gasteiger partial charge in [-0.05, 0) is 59.7 Å². The molecule has 2 aliphatic heterocycles. The highest BCUT2D eigenvalue weighted by Gasteiger charge is 2.46. The van der Waals surface area contributed by atoms with Gasteiger partial charge in [0, 0.05) is 36.5 Å². The lowest BCUT2D eigenvalue weighted by atomic mass is 9.81. The normalized spacial score (nSPS) is 17.2. The first-order valence-corrected chi connectivity index (χ1v) is 11.8. The zero-order valence-corrected chi connectivity index (χ0v) is 18.6. The van der Waals surface area contributed by atoms with Crippen molar-refractivity contribution in [2.75, 3.05) is 24.1 Å². The largest absolute Gasteiger partial charge is 0.397 e. The number of likely N-dealkylation sites (tertiary alicyclic amines) is 1. The molecule has 1 aromatic heterocycles. The smallest absolute Gasteiger partial charge is 0.255 e. The summed E-state index contributed by atoms with van der Waals surface area (Å²) in [7, 11) is 0. The van der Waals surface area contributed by atoms with E-state index < -0.39 is 0 Å². The van der Waals surface area contributed by atoms with E-state index in [1.807, 2.05) is 64.9 Å². The standard InChI is InChI=1S/C25H26N4O2S/c26-20-10-9-19(22-3-2-12-32-22)13-21(20)28-24(31)18-7-5-17(6-8-18)14-29-23(30)4-1-11-25(29)15-27-16-25/h2-3,5-10,12-13,27H,1,4,11,14-16,26H2,(H,28,31). The number of nitrogens with zero attached hydrogens (tertiary/aromatic N) is 1. The third-order valence-electron chi connectivity index (χ3n) is 6.48. The quantitative estimate of drug-likeness (QED) is 0.515. The van der Waals surface area contributed by atoms with Crippen molar-refractivity contribution in [2.24, 2.45) is 0 Å². The van der Waals surface area contributed by atoms with Gasteiger partial charge in [-0.1, -0.05) is 24.3 Å². The third-order valence-corrected chi connectivity index (χ3v) is 7.40. The summed E-state index contributed by atoms with van der Waals surface area (Å²) in [6.45, 7) is 2.31. The third kappa shape index (κ3) is 3.89. The number of rotatable bonds is 5. The van der Waals surface area contributed by atoms with E-state index in [4.69, 9.17) is 5.73 Å². The number of amides is 2. The van der Waals surface area contributed by atoms with Crippen LogP contribution in [-0.4, -0.2) is 35.3 Å². The van der Waals surface area contributed by atoms with E-state index in [9.17, 15) is 9.59 Å². The molecule has 6 nitrogen and oxygen atoms in total. The van der Waals surface area contributed by atoms with Gasteiger partial charge in [0.1, 0.15) is 0 Å². The molecule has 0 saturated carbocycles. The number of carbonyl (C=O) groups excluding carboxylic acids is 2. The van der Waals surface area contributed by atoms with Gasteiger partial charge >= 0.3 is 0 Å². The minimum Gasteiger partial charge on any atom is -0.397 e. The van der Waals surface area contributed by atoms with Crippen molar-refractivity contribution in [3.05, 3.63) is 71.1 Å². The molecule has 1 spiro atoms. The topological polar surface area (TPSA) is 87.5 Å². The molecule has 4 N–H and O–H groups in total. The van der Waals surface area contributed by atoms with Crippen molar-refractivity contribution < 1.29 is 9.59 Å². The Labute approximate surface area is 191 Å². The van der Waals surface area contributed by atoms with Crippen LogP contribution in [0.4, 0.5) is 11.4 Å². The van der Waals surface area contributed by atoms with Crippen LogP contribution in [0.1, 0.15) is 35.2 Å². The van der Waals surface area contributed by atoms with Gasteiger partial charge in [-0.3, -0.25) is 9.59 Å². The zero-order valence-electron chi connectivity index (χ0n) is 17.8. The van der Waals surface area contributed by atoms with Crippen molar-refractivity contribution in [1.82, 2.24) is 10.2 Å². The van der Waals surface area contributed by atoms with Gasteiger partial charge < -0.3 is 21.3 Å². The van der Waals surface area contributed by atoms with Crippen molar-refractivity contribution in [2.45, 2.75) is 31.3 Å². The average molecular weight is 447 g/mol. The van der Waals surface area contributed by atoms with Gasteiger partial charge in [-0.15, -0.1) is 11.3 Å². The van der Waals surface area contributed by atoms with E-state index in [1.165, 1.54) is 0 Å². The maximum atomic E-state index is 12.8. The van der Waals surface area contributed by atoms with E-state index in [0.29, 0.717) is 29.9 Å². The maximum absolute atomic E-state index is 12.8. The summed E-state index contributed by atoms with van der Waals surface area (Å²) in [6, 6.07) is 17.2. The predicted octanol–water partition coefficient (Wildman–Crippen LogP) is 4.10. The highest BCUT2D eigenvalue weighted by atomic mass is 32.1. The first-order valence-electron chi connectivity index (χ1n) is 10.9. The van der Waals surface area contributed by atoms with Crippen LogP contribution in [0.5, 0.6) is 0 Å². The fourth-order valence-electron chi connectivity index (χ4n) is 4.54. The predicted molar refractivity (Wildman–Crippen MR) is 129 cm³/mol. The number of nitrogens with one attached hydrogen (secondary N) is 2. The summed E-state index contributed by atoms with van der Waals surface area (Å²) in [5.41, 5.74) is 9.80. The molecule has 0 radical (unpaired) electrons. The van der Waals surface area contributed by atoms with E-state index in [-0.39, 0.29) is 17.4 Å². The highest BCUT2D eigenvalue weighted by molar-refractivity contribution is 7.13. The first kappa shape index (κ1) is 20.7. The average Bonchev–Trinajstić information content (AvgIpc) is 3.31. The number of nitrogens with two attached hydrogens (primary N) is 1. The molecule has 32 heavy (non-hydrogen) atoms. The van der Waals surface area contributed by atoms with Gasteiger partial charge in [0.05, 0.1) is 16.9 Å². The molecule has 3 heterocycles. The van der Waals surface area contributed by atoms with Gasteiger partial charge in [-0.2, -0.15) is 0 Å². The van der Waals surface area contributed by atoms with E-state index >= 15 is 0 Å². The van der Waals surface area contributed by atoms with Crippen molar-refractivity contribution in [3.63, 3.8) is 0 Å². The number of piperidine rings is 1. The van der Waals surface area contributed by atoms with Crippen molar-refractivity contribution in [1.29, 1.82) is 0 Å². The van der Waals surface area contributed by atoms with Crippen LogP contribution in [0.2, 0.25) is 0 Å². The minimum atomic E-state index is -0.208. The Morgan fingerprint density at radius 1 is 1.16 bits per heavy atom. The Hall–Kier alpha value is -3.16. The molecule has 0 bridgehead atoms. The number of nitrogen functional groups attached to an aromatic ring is 1. The van der Waals surface area contributed by atoms with Crippen molar-refractivity contribution >= 4 is 34.5 Å². The number of thiophene rings is 1. The Bertz CT molecular complexity index is 1140. The molecule has 164 valence electrons. The second-order valence-corrected chi connectivity index (χ2v) is 9.54. The van der Waals surface area contributed by atoms with Crippen LogP contribution in [-0.2, 0) is 11.3 Å².